The van der Waals surface area contributed by atoms with Gasteiger partial charge in [0.1, 0.15) is 11.5 Å². The average Bonchev–Trinajstić information content (AvgIpc) is 2.37. The zero-order chi connectivity index (χ0) is 15.3. The number of nitrogens with one attached hydrogen (secondary N) is 1. The Morgan fingerprint density at radius 1 is 1.55 bits per heavy atom. The number of aryl methyl sites for hydroxylation is 1. The second-order valence-corrected chi connectivity index (χ2v) is 6.13. The van der Waals surface area contributed by atoms with Crippen molar-refractivity contribution < 1.29 is 9.90 Å². The fraction of sp³-hybridized carbons (Fsp3) is 0.643. The third kappa shape index (κ3) is 5.43. The van der Waals surface area contributed by atoms with Crippen molar-refractivity contribution in [2.75, 3.05) is 6.54 Å². The van der Waals surface area contributed by atoms with E-state index in [1.54, 1.807) is 13.8 Å². The number of hydrogen-bond acceptors (Lipinski definition) is 4. The van der Waals surface area contributed by atoms with E-state index in [1.807, 2.05) is 0 Å². The second kappa shape index (κ2) is 6.99. The molecule has 2 N–H and O–H groups in total. The van der Waals surface area contributed by atoms with E-state index in [1.165, 1.54) is 6.20 Å². The molecule has 0 aliphatic carbocycles. The molecule has 0 aliphatic rings. The average molecular weight is 300 g/mol. The first-order chi connectivity index (χ1) is 9.21. The van der Waals surface area contributed by atoms with Gasteiger partial charge in [0.15, 0.2) is 0 Å². The van der Waals surface area contributed by atoms with E-state index in [9.17, 15) is 9.90 Å². The summed E-state index contributed by atoms with van der Waals surface area (Å²) in [6.45, 7) is 7.75. The number of halogens is 1. The van der Waals surface area contributed by atoms with Crippen molar-refractivity contribution in [1.82, 2.24) is 15.3 Å². The van der Waals surface area contributed by atoms with E-state index in [0.29, 0.717) is 18.2 Å². The van der Waals surface area contributed by atoms with Gasteiger partial charge < -0.3 is 10.4 Å². The van der Waals surface area contributed by atoms with Crippen LogP contribution in [0.15, 0.2) is 6.20 Å². The Labute approximate surface area is 124 Å². The van der Waals surface area contributed by atoms with Crippen LogP contribution < -0.4 is 5.32 Å². The van der Waals surface area contributed by atoms with Crippen molar-refractivity contribution >= 4 is 17.5 Å². The summed E-state index contributed by atoms with van der Waals surface area (Å²) in [5.74, 6) is 0.590. The predicted octanol–water partition coefficient (Wildman–Crippen LogP) is 2.36. The van der Waals surface area contributed by atoms with Gasteiger partial charge in [-0.25, -0.2) is 9.97 Å². The maximum atomic E-state index is 12.0. The molecule has 0 spiro atoms. The third-order valence-corrected chi connectivity index (χ3v) is 3.25. The SMILES string of the molecule is Cc1ncc(Cl)c(C(=O)NCC(C)(O)CCC(C)C)n1. The highest BCUT2D eigenvalue weighted by atomic mass is 35.5. The summed E-state index contributed by atoms with van der Waals surface area (Å²) in [4.78, 5) is 19.9. The highest BCUT2D eigenvalue weighted by molar-refractivity contribution is 6.33. The molecule has 1 unspecified atom stereocenters. The highest BCUT2D eigenvalue weighted by Crippen LogP contribution is 2.16. The van der Waals surface area contributed by atoms with Gasteiger partial charge in [-0.3, -0.25) is 4.79 Å². The quantitative estimate of drug-likeness (QED) is 0.845. The van der Waals surface area contributed by atoms with Crippen molar-refractivity contribution in [3.63, 3.8) is 0 Å². The van der Waals surface area contributed by atoms with Crippen LogP contribution in [0.1, 0.15) is 49.9 Å². The number of amides is 1. The molecule has 6 heteroatoms. The summed E-state index contributed by atoms with van der Waals surface area (Å²) >= 11 is 5.90. The van der Waals surface area contributed by atoms with Gasteiger partial charge in [0.2, 0.25) is 0 Å². The minimum atomic E-state index is -0.936. The molecule has 0 saturated heterocycles. The zero-order valence-corrected chi connectivity index (χ0v) is 13.2. The normalized spacial score (nSPS) is 14.2. The molecule has 1 aromatic rings. The summed E-state index contributed by atoms with van der Waals surface area (Å²) in [6, 6.07) is 0. The number of nitrogens with zero attached hydrogens (tertiary/aromatic N) is 2. The number of hydrogen-bond donors (Lipinski definition) is 2. The van der Waals surface area contributed by atoms with Crippen molar-refractivity contribution in [3.8, 4) is 0 Å². The molecule has 0 radical (unpaired) electrons. The summed E-state index contributed by atoms with van der Waals surface area (Å²) in [7, 11) is 0. The lowest BCUT2D eigenvalue weighted by atomic mass is 9.95. The lowest BCUT2D eigenvalue weighted by Gasteiger charge is -2.24. The number of rotatable bonds is 6. The van der Waals surface area contributed by atoms with Crippen molar-refractivity contribution in [1.29, 1.82) is 0 Å². The molecule has 5 nitrogen and oxygen atoms in total. The second-order valence-electron chi connectivity index (χ2n) is 5.73. The lowest BCUT2D eigenvalue weighted by molar-refractivity contribution is 0.0428. The van der Waals surface area contributed by atoms with Gasteiger partial charge in [-0.15, -0.1) is 0 Å². The zero-order valence-electron chi connectivity index (χ0n) is 12.4. The Kier molecular flexibility index (Phi) is 5.89. The van der Waals surface area contributed by atoms with E-state index in [0.717, 1.165) is 6.42 Å². The first-order valence-corrected chi connectivity index (χ1v) is 7.09. The van der Waals surface area contributed by atoms with Crippen LogP contribution in [0.25, 0.3) is 0 Å². The molecule has 1 amide bonds. The van der Waals surface area contributed by atoms with Crippen LogP contribution in [0, 0.1) is 12.8 Å². The van der Waals surface area contributed by atoms with Crippen LogP contribution in [-0.2, 0) is 0 Å². The Hall–Kier alpha value is -1.20. The summed E-state index contributed by atoms with van der Waals surface area (Å²) in [5.41, 5.74) is -0.798. The fourth-order valence-corrected chi connectivity index (χ4v) is 1.83. The first-order valence-electron chi connectivity index (χ1n) is 6.71. The Balaban J connectivity index is 2.60. The van der Waals surface area contributed by atoms with Crippen LogP contribution in [0.4, 0.5) is 0 Å². The van der Waals surface area contributed by atoms with Gasteiger partial charge in [-0.2, -0.15) is 0 Å². The molecule has 0 bridgehead atoms. The largest absolute Gasteiger partial charge is 0.388 e. The molecule has 1 rings (SSSR count). The minimum Gasteiger partial charge on any atom is -0.388 e. The highest BCUT2D eigenvalue weighted by Gasteiger charge is 2.23. The summed E-state index contributed by atoms with van der Waals surface area (Å²) in [6.07, 6.45) is 2.92. The van der Waals surface area contributed by atoms with Crippen molar-refractivity contribution in [2.45, 2.75) is 46.1 Å². The van der Waals surface area contributed by atoms with Gasteiger partial charge in [0.25, 0.3) is 5.91 Å². The van der Waals surface area contributed by atoms with Crippen molar-refractivity contribution in [3.05, 3.63) is 22.7 Å². The number of aromatic nitrogens is 2. The molecular weight excluding hydrogens is 278 g/mol. The molecule has 0 saturated carbocycles. The fourth-order valence-electron chi connectivity index (χ4n) is 1.66. The Morgan fingerprint density at radius 3 is 2.80 bits per heavy atom. The van der Waals surface area contributed by atoms with Crippen LogP contribution in [0.2, 0.25) is 5.02 Å². The van der Waals surface area contributed by atoms with Crippen molar-refractivity contribution in [2.24, 2.45) is 5.92 Å². The van der Waals surface area contributed by atoms with E-state index < -0.39 is 11.5 Å². The summed E-state index contributed by atoms with van der Waals surface area (Å²) < 4.78 is 0. The molecule has 0 aromatic carbocycles. The van der Waals surface area contributed by atoms with Crippen LogP contribution >= 0.6 is 11.6 Å². The lowest BCUT2D eigenvalue weighted by Crippen LogP contribution is -2.41. The standard InChI is InChI=1S/C14H22ClN3O2/c1-9(2)5-6-14(4,20)8-17-13(19)12-11(15)7-16-10(3)18-12/h7,9,20H,5-6,8H2,1-4H3,(H,17,19). The van der Waals surface area contributed by atoms with E-state index in [4.69, 9.17) is 11.6 Å². The van der Waals surface area contributed by atoms with Crippen LogP contribution in [0.3, 0.4) is 0 Å². The first kappa shape index (κ1) is 16.9. The number of carbonyl (C=O) groups excluding carboxylic acids is 1. The van der Waals surface area contributed by atoms with E-state index in [2.05, 4.69) is 29.1 Å². The van der Waals surface area contributed by atoms with Gasteiger partial charge in [-0.1, -0.05) is 25.4 Å². The molecule has 1 atom stereocenters. The van der Waals surface area contributed by atoms with E-state index >= 15 is 0 Å². The smallest absolute Gasteiger partial charge is 0.271 e. The summed E-state index contributed by atoms with van der Waals surface area (Å²) in [5, 5.41) is 13.1. The molecule has 0 aliphatic heterocycles. The molecule has 1 aromatic heterocycles. The molecule has 0 fully saturated rings. The van der Waals surface area contributed by atoms with Crippen LogP contribution in [-0.4, -0.2) is 33.1 Å². The topological polar surface area (TPSA) is 75.1 Å². The maximum absolute atomic E-state index is 12.0. The minimum absolute atomic E-state index is 0.138. The Bertz CT molecular complexity index is 475. The van der Waals surface area contributed by atoms with Gasteiger partial charge in [0, 0.05) is 6.54 Å². The molecule has 20 heavy (non-hydrogen) atoms. The maximum Gasteiger partial charge on any atom is 0.271 e. The molecule has 112 valence electrons. The number of carbonyl (C=O) groups is 1. The van der Waals surface area contributed by atoms with E-state index in [-0.39, 0.29) is 17.3 Å². The van der Waals surface area contributed by atoms with Gasteiger partial charge in [0.05, 0.1) is 16.8 Å². The third-order valence-electron chi connectivity index (χ3n) is 2.97. The number of aliphatic hydroxyl groups is 1. The Morgan fingerprint density at radius 2 is 2.20 bits per heavy atom. The predicted molar refractivity (Wildman–Crippen MR) is 78.8 cm³/mol. The van der Waals surface area contributed by atoms with Gasteiger partial charge in [-0.05, 0) is 32.6 Å². The molecule has 1 heterocycles. The van der Waals surface area contributed by atoms with Gasteiger partial charge >= 0.3 is 0 Å². The molecular formula is C14H22ClN3O2. The monoisotopic (exact) mass is 299 g/mol. The van der Waals surface area contributed by atoms with Crippen LogP contribution in [0.5, 0.6) is 0 Å².